The third kappa shape index (κ3) is 12.3. The van der Waals surface area contributed by atoms with Gasteiger partial charge in [0, 0.05) is 27.9 Å². The number of unbranched alkanes of at least 4 members (excludes halogenated alkanes) is 10. The highest BCUT2D eigenvalue weighted by Crippen LogP contribution is 2.66. The Morgan fingerprint density at radius 3 is 2.47 bits per heavy atom. The van der Waals surface area contributed by atoms with Crippen LogP contribution in [0.4, 0.5) is 0 Å². The largest absolute Gasteiger partial charge is 0.462 e. The van der Waals surface area contributed by atoms with E-state index in [4.69, 9.17) is 26.8 Å². The summed E-state index contributed by atoms with van der Waals surface area (Å²) >= 11 is 0. The van der Waals surface area contributed by atoms with Gasteiger partial charge in [-0.25, -0.2) is 0 Å². The van der Waals surface area contributed by atoms with Crippen LogP contribution in [0.25, 0.3) is 0 Å². The fraction of sp³-hybridized carbons (Fsp3) is 0.837. The molecule has 6 nitrogen and oxygen atoms in total. The Kier molecular flexibility index (Phi) is 18.8. The van der Waals surface area contributed by atoms with E-state index in [-0.39, 0.29) is 41.2 Å². The molecule has 4 aliphatic carbocycles. The van der Waals surface area contributed by atoms with Crippen LogP contribution in [-0.2, 0) is 28.2 Å². The van der Waals surface area contributed by atoms with Gasteiger partial charge in [-0.3, -0.25) is 4.79 Å². The topological polar surface area (TPSA) is 63.2 Å². The lowest BCUT2D eigenvalue weighted by Crippen LogP contribution is -2.52. The molecule has 0 aliphatic heterocycles. The quantitative estimate of drug-likeness (QED) is 0.0307. The first-order chi connectivity index (χ1) is 24.8. The first-order valence-corrected chi connectivity index (χ1v) is 21.4. The molecule has 0 spiro atoms. The van der Waals surface area contributed by atoms with E-state index in [9.17, 15) is 4.79 Å². The van der Waals surface area contributed by atoms with Crippen LogP contribution >= 0.6 is 9.47 Å². The maximum atomic E-state index is 12.8. The molecule has 0 N–H and O–H groups in total. The van der Waals surface area contributed by atoms with Crippen LogP contribution in [0.15, 0.2) is 36.5 Å². The molecule has 0 aromatic heterocycles. The van der Waals surface area contributed by atoms with Crippen LogP contribution in [0.1, 0.15) is 156 Å². The number of hydrogen-bond donors (Lipinski definition) is 0. The second-order valence-corrected chi connectivity index (χ2v) is 17.0. The van der Waals surface area contributed by atoms with Crippen LogP contribution in [0.2, 0.25) is 0 Å². The van der Waals surface area contributed by atoms with Gasteiger partial charge in [0.1, 0.15) is 12.2 Å². The second-order valence-electron chi connectivity index (χ2n) is 16.7. The minimum atomic E-state index is -0.104. The minimum absolute atomic E-state index is 0.0337. The van der Waals surface area contributed by atoms with Gasteiger partial charge in [0.25, 0.3) is 8.05 Å². The lowest BCUT2D eigenvalue weighted by Gasteiger charge is -2.58. The van der Waals surface area contributed by atoms with Crippen molar-refractivity contribution in [1.29, 1.82) is 0 Å². The lowest BCUT2D eigenvalue weighted by atomic mass is 9.47. The van der Waals surface area contributed by atoms with Crippen molar-refractivity contribution >= 4 is 23.5 Å². The average Bonchev–Trinajstić information content (AvgIpc) is 3.45. The van der Waals surface area contributed by atoms with Crippen LogP contribution in [0, 0.1) is 28.6 Å². The molecule has 0 bridgehead atoms. The Labute approximate surface area is 315 Å². The number of esters is 1. The molecule has 0 amide bonds. The molecule has 4 rings (SSSR count). The van der Waals surface area contributed by atoms with E-state index in [2.05, 4.69) is 59.7 Å². The summed E-state index contributed by atoms with van der Waals surface area (Å²) in [6.45, 7) is 12.9. The van der Waals surface area contributed by atoms with E-state index >= 15 is 0 Å². The van der Waals surface area contributed by atoms with Crippen LogP contribution in [0.3, 0.4) is 0 Å². The van der Waals surface area contributed by atoms with Gasteiger partial charge < -0.3 is 23.4 Å². The van der Waals surface area contributed by atoms with Crippen LogP contribution < -0.4 is 0 Å². The van der Waals surface area contributed by atoms with Gasteiger partial charge in [0.2, 0.25) is 0 Å². The van der Waals surface area contributed by atoms with E-state index in [1.165, 1.54) is 89.9 Å². The van der Waals surface area contributed by atoms with Crippen molar-refractivity contribution in [2.45, 2.75) is 180 Å². The number of carbonyl (C=O) groups excluding carboxylic acids is 1. The Hall–Kier alpha value is -0.975. The summed E-state index contributed by atoms with van der Waals surface area (Å²) in [6, 6.07) is 0. The van der Waals surface area contributed by atoms with Crippen molar-refractivity contribution in [3.8, 4) is 0 Å². The SMILES string of the molecule is [B]OCC(COP)OCCCCCCCCC/C=C\C(C=C)OC1C=C2CC[C@H]3[C@@H]4CC[C@H](OC(=O)CCCCCC)[C@@]4(C)CC[C@@H]3[C@@]2(C)CC1. The van der Waals surface area contributed by atoms with Crippen molar-refractivity contribution in [2.75, 3.05) is 19.8 Å². The Bertz CT molecular complexity index is 1090. The summed E-state index contributed by atoms with van der Waals surface area (Å²) in [4.78, 5) is 12.8. The van der Waals surface area contributed by atoms with Gasteiger partial charge in [0.15, 0.2) is 0 Å². The second kappa shape index (κ2) is 22.4. The number of hydrogen-bond acceptors (Lipinski definition) is 6. The van der Waals surface area contributed by atoms with E-state index < -0.39 is 0 Å². The molecule has 4 aliphatic rings. The highest BCUT2D eigenvalue weighted by molar-refractivity contribution is 7.09. The standard InChI is InChI=1S/C43H72BO6P/c1-5-7-8-17-20-41(45)50-40-24-23-38-37-22-21-33-30-35(25-27-42(33,3)39(37)26-28-43(38,40)4)49-34(6-2)19-16-14-12-10-9-11-13-15-18-29-46-36(31-47-44)32-48-51/h6,16,19,30,34-40H,2,5,7-15,17-18,20-29,31-32,51H2,1,3-4H3/b19-16-/t34?,35?,36?,37-,38-,39-,40-,42-,43-/m0/s1. The van der Waals surface area contributed by atoms with Crippen molar-refractivity contribution in [3.05, 3.63) is 36.5 Å². The van der Waals surface area contributed by atoms with Crippen LogP contribution in [0.5, 0.6) is 0 Å². The molecule has 0 heterocycles. The molecular weight excluding hydrogens is 654 g/mol. The maximum Gasteiger partial charge on any atom is 0.306 e. The average molecular weight is 727 g/mol. The summed E-state index contributed by atoms with van der Waals surface area (Å²) in [7, 11) is 7.40. The fourth-order valence-electron chi connectivity index (χ4n) is 10.3. The molecule has 4 unspecified atom stereocenters. The molecule has 10 atom stereocenters. The number of rotatable bonds is 25. The van der Waals surface area contributed by atoms with E-state index in [1.807, 2.05) is 6.08 Å². The van der Waals surface area contributed by atoms with Gasteiger partial charge >= 0.3 is 5.97 Å². The van der Waals surface area contributed by atoms with Crippen molar-refractivity contribution in [2.24, 2.45) is 28.6 Å². The Balaban J connectivity index is 1.14. The number of allylic oxidation sites excluding steroid dienone is 2. The normalized spacial score (nSPS) is 31.4. The molecule has 288 valence electrons. The van der Waals surface area contributed by atoms with Crippen molar-refractivity contribution in [3.63, 3.8) is 0 Å². The van der Waals surface area contributed by atoms with Gasteiger partial charge in [-0.15, -0.1) is 6.58 Å². The molecule has 0 aromatic rings. The first kappa shape index (κ1) is 42.8. The summed E-state index contributed by atoms with van der Waals surface area (Å²) in [5, 5.41) is 0. The molecule has 3 fully saturated rings. The van der Waals surface area contributed by atoms with Gasteiger partial charge in [-0.1, -0.05) is 102 Å². The number of fused-ring (bicyclic) bond motifs is 5. The van der Waals surface area contributed by atoms with E-state index in [0.717, 1.165) is 57.0 Å². The van der Waals surface area contributed by atoms with Gasteiger partial charge in [-0.2, -0.15) is 0 Å². The highest BCUT2D eigenvalue weighted by Gasteiger charge is 2.60. The van der Waals surface area contributed by atoms with Gasteiger partial charge in [-0.05, 0) is 100 Å². The number of carbonyl (C=O) groups is 1. The Morgan fingerprint density at radius 2 is 1.73 bits per heavy atom. The van der Waals surface area contributed by atoms with Crippen molar-refractivity contribution in [1.82, 2.24) is 0 Å². The zero-order valence-electron chi connectivity index (χ0n) is 32.6. The molecule has 0 saturated heterocycles. The molecular formula is C43H72BO6P. The molecule has 51 heavy (non-hydrogen) atoms. The molecule has 8 heteroatoms. The highest BCUT2D eigenvalue weighted by atomic mass is 31.0. The predicted octanol–water partition coefficient (Wildman–Crippen LogP) is 10.7. The van der Waals surface area contributed by atoms with Gasteiger partial charge in [0.05, 0.1) is 25.4 Å². The third-order valence-corrected chi connectivity index (χ3v) is 13.5. The zero-order chi connectivity index (χ0) is 36.5. The zero-order valence-corrected chi connectivity index (χ0v) is 33.8. The monoisotopic (exact) mass is 727 g/mol. The van der Waals surface area contributed by atoms with Crippen molar-refractivity contribution < 1.29 is 28.2 Å². The third-order valence-electron chi connectivity index (χ3n) is 13.3. The van der Waals surface area contributed by atoms with E-state index in [0.29, 0.717) is 25.6 Å². The minimum Gasteiger partial charge on any atom is -0.462 e. The number of ether oxygens (including phenoxy) is 3. The summed E-state index contributed by atoms with van der Waals surface area (Å²) in [5.74, 6) is 2.20. The molecule has 2 radical (unpaired) electrons. The molecule has 3 saturated carbocycles. The maximum absolute atomic E-state index is 12.8. The summed E-state index contributed by atoms with van der Waals surface area (Å²) in [6.07, 6.45) is 33.3. The fourth-order valence-corrected chi connectivity index (χ4v) is 10.5. The van der Waals surface area contributed by atoms with Crippen LogP contribution in [-0.4, -0.2) is 58.3 Å². The summed E-state index contributed by atoms with van der Waals surface area (Å²) < 4.78 is 28.4. The smallest absolute Gasteiger partial charge is 0.306 e. The van der Waals surface area contributed by atoms with E-state index in [1.54, 1.807) is 5.57 Å². The Morgan fingerprint density at radius 1 is 0.961 bits per heavy atom. The first-order valence-electron chi connectivity index (χ1n) is 20.9. The molecule has 0 aromatic carbocycles. The summed E-state index contributed by atoms with van der Waals surface area (Å²) in [5.41, 5.74) is 2.07. The lowest BCUT2D eigenvalue weighted by molar-refractivity contribution is -0.160. The predicted molar refractivity (Wildman–Crippen MR) is 212 cm³/mol.